The molecule has 0 aliphatic carbocycles. The van der Waals surface area contributed by atoms with Crippen LogP contribution < -0.4 is 9.64 Å². The fraction of sp³-hybridized carbons (Fsp3) is 0.115. The number of aliphatic carboxylic acids is 1. The summed E-state index contributed by atoms with van der Waals surface area (Å²) in [4.78, 5) is 38.6. The molecule has 1 unspecified atom stereocenters. The Labute approximate surface area is 200 Å². The lowest BCUT2D eigenvalue weighted by Gasteiger charge is -2.25. The lowest BCUT2D eigenvalue weighted by molar-refractivity contribution is -0.136. The van der Waals surface area contributed by atoms with Crippen molar-refractivity contribution in [3.63, 3.8) is 0 Å². The van der Waals surface area contributed by atoms with Gasteiger partial charge >= 0.3 is 5.97 Å². The SMILES string of the molecule is COc1ccc(/C(O)=C2/C(=O)C(=O)N(c3ccc(CC(=O)O)cc3)C2c2ccccc2)cc1Cl. The van der Waals surface area contributed by atoms with Crippen LogP contribution in [0.5, 0.6) is 5.75 Å². The number of hydrogen-bond donors (Lipinski definition) is 2. The minimum absolute atomic E-state index is 0.0768. The monoisotopic (exact) mass is 477 g/mol. The highest BCUT2D eigenvalue weighted by Crippen LogP contribution is 2.42. The Morgan fingerprint density at radius 1 is 1.00 bits per heavy atom. The third kappa shape index (κ3) is 4.25. The first kappa shape index (κ1) is 23.1. The largest absolute Gasteiger partial charge is 0.507 e. The number of ether oxygens (including phenoxy) is 1. The van der Waals surface area contributed by atoms with Crippen LogP contribution in [0.2, 0.25) is 5.02 Å². The molecule has 3 aromatic rings. The molecule has 1 heterocycles. The summed E-state index contributed by atoms with van der Waals surface area (Å²) in [5, 5.41) is 20.4. The molecular formula is C26H20ClNO6. The quantitative estimate of drug-likeness (QED) is 0.305. The van der Waals surface area contributed by atoms with Crippen molar-refractivity contribution in [2.75, 3.05) is 12.0 Å². The molecule has 0 aromatic heterocycles. The summed E-state index contributed by atoms with van der Waals surface area (Å²) in [5.74, 6) is -2.58. The molecule has 0 bridgehead atoms. The molecule has 1 saturated heterocycles. The number of carbonyl (C=O) groups is 3. The summed E-state index contributed by atoms with van der Waals surface area (Å²) in [6, 6.07) is 18.9. The summed E-state index contributed by atoms with van der Waals surface area (Å²) < 4.78 is 5.15. The number of rotatable bonds is 6. The molecule has 172 valence electrons. The van der Waals surface area contributed by atoms with E-state index in [1.807, 2.05) is 0 Å². The standard InChI is InChI=1S/C26H20ClNO6/c1-34-20-12-9-17(14-19(20)27)24(31)22-23(16-5-3-2-4-6-16)28(26(33)25(22)32)18-10-7-15(8-11-18)13-21(29)30/h2-12,14,23,31H,13H2,1H3,(H,29,30)/b24-22-. The second-order valence-corrected chi connectivity index (χ2v) is 8.07. The molecular weight excluding hydrogens is 458 g/mol. The fourth-order valence-corrected chi connectivity index (χ4v) is 4.23. The summed E-state index contributed by atoms with van der Waals surface area (Å²) >= 11 is 6.21. The van der Waals surface area contributed by atoms with Crippen molar-refractivity contribution >= 4 is 40.7 Å². The zero-order valence-corrected chi connectivity index (χ0v) is 18.8. The lowest BCUT2D eigenvalue weighted by Crippen LogP contribution is -2.29. The highest BCUT2D eigenvalue weighted by Gasteiger charge is 2.46. The molecule has 8 heteroatoms. The number of halogens is 1. The molecule has 1 aliphatic heterocycles. The summed E-state index contributed by atoms with van der Waals surface area (Å²) in [6.07, 6.45) is -0.167. The van der Waals surface area contributed by atoms with E-state index in [0.29, 0.717) is 22.6 Å². The Balaban J connectivity index is 1.86. The van der Waals surface area contributed by atoms with Gasteiger partial charge in [0.25, 0.3) is 11.7 Å². The molecule has 4 rings (SSSR count). The Kier molecular flexibility index (Phi) is 6.38. The summed E-state index contributed by atoms with van der Waals surface area (Å²) in [6.45, 7) is 0. The molecule has 2 N–H and O–H groups in total. The number of aliphatic hydroxyl groups is 1. The van der Waals surface area contributed by atoms with E-state index in [1.165, 1.54) is 18.1 Å². The van der Waals surface area contributed by atoms with Crippen molar-refractivity contribution in [1.29, 1.82) is 0 Å². The topological polar surface area (TPSA) is 104 Å². The van der Waals surface area contributed by atoms with Gasteiger partial charge in [0, 0.05) is 11.3 Å². The van der Waals surface area contributed by atoms with E-state index in [1.54, 1.807) is 66.7 Å². The molecule has 1 fully saturated rings. The number of hydrogen-bond acceptors (Lipinski definition) is 5. The van der Waals surface area contributed by atoms with Crippen molar-refractivity contribution in [3.8, 4) is 5.75 Å². The summed E-state index contributed by atoms with van der Waals surface area (Å²) in [5.41, 5.74) is 1.76. The number of nitrogens with zero attached hydrogens (tertiary/aromatic N) is 1. The number of carboxylic acids is 1. The van der Waals surface area contributed by atoms with Crippen molar-refractivity contribution in [1.82, 2.24) is 0 Å². The number of aliphatic hydroxyl groups excluding tert-OH is 1. The van der Waals surface area contributed by atoms with E-state index in [4.69, 9.17) is 21.4 Å². The predicted octanol–water partition coefficient (Wildman–Crippen LogP) is 4.60. The second kappa shape index (κ2) is 9.41. The smallest absolute Gasteiger partial charge is 0.307 e. The number of methoxy groups -OCH3 is 1. The van der Waals surface area contributed by atoms with Crippen LogP contribution in [0, 0.1) is 0 Å². The maximum Gasteiger partial charge on any atom is 0.307 e. The summed E-state index contributed by atoms with van der Waals surface area (Å²) in [7, 11) is 1.46. The minimum Gasteiger partial charge on any atom is -0.507 e. The Hall–Kier alpha value is -4.10. The van der Waals surface area contributed by atoms with Gasteiger partial charge in [0.05, 0.1) is 30.2 Å². The van der Waals surface area contributed by atoms with Crippen molar-refractivity contribution in [2.24, 2.45) is 0 Å². The third-order valence-electron chi connectivity index (χ3n) is 5.55. The normalized spacial score (nSPS) is 17.1. The minimum atomic E-state index is -0.976. The van der Waals surface area contributed by atoms with E-state index in [0.717, 1.165) is 0 Å². The van der Waals surface area contributed by atoms with Gasteiger partial charge in [-0.05, 0) is 41.5 Å². The number of benzene rings is 3. The first-order valence-corrected chi connectivity index (χ1v) is 10.7. The molecule has 0 spiro atoms. The Morgan fingerprint density at radius 2 is 1.68 bits per heavy atom. The molecule has 1 amide bonds. The third-order valence-corrected chi connectivity index (χ3v) is 5.85. The van der Waals surface area contributed by atoms with Crippen LogP contribution in [0.3, 0.4) is 0 Å². The molecule has 7 nitrogen and oxygen atoms in total. The fourth-order valence-electron chi connectivity index (χ4n) is 3.97. The zero-order valence-electron chi connectivity index (χ0n) is 18.1. The van der Waals surface area contributed by atoms with Gasteiger partial charge in [0.15, 0.2) is 0 Å². The number of carboxylic acid groups (broad SMARTS) is 1. The van der Waals surface area contributed by atoms with E-state index in [9.17, 15) is 19.5 Å². The van der Waals surface area contributed by atoms with Crippen molar-refractivity contribution in [3.05, 3.63) is 100 Å². The van der Waals surface area contributed by atoms with Gasteiger partial charge in [0.2, 0.25) is 0 Å². The van der Waals surface area contributed by atoms with E-state index >= 15 is 0 Å². The average Bonchev–Trinajstić information content (AvgIpc) is 3.09. The van der Waals surface area contributed by atoms with Crippen LogP contribution in [-0.4, -0.2) is 35.0 Å². The van der Waals surface area contributed by atoms with Gasteiger partial charge in [-0.2, -0.15) is 0 Å². The first-order chi connectivity index (χ1) is 16.3. The van der Waals surface area contributed by atoms with Crippen LogP contribution in [0.25, 0.3) is 5.76 Å². The van der Waals surface area contributed by atoms with Crippen LogP contribution in [-0.2, 0) is 20.8 Å². The van der Waals surface area contributed by atoms with Gasteiger partial charge in [0.1, 0.15) is 11.5 Å². The number of amides is 1. The van der Waals surface area contributed by atoms with Gasteiger partial charge in [-0.25, -0.2) is 0 Å². The lowest BCUT2D eigenvalue weighted by atomic mass is 9.95. The van der Waals surface area contributed by atoms with Gasteiger partial charge < -0.3 is 14.9 Å². The number of carbonyl (C=O) groups excluding carboxylic acids is 2. The van der Waals surface area contributed by atoms with Crippen molar-refractivity contribution < 1.29 is 29.3 Å². The van der Waals surface area contributed by atoms with Crippen LogP contribution >= 0.6 is 11.6 Å². The molecule has 1 atom stereocenters. The van der Waals surface area contributed by atoms with E-state index in [2.05, 4.69) is 0 Å². The maximum absolute atomic E-state index is 13.2. The number of Topliss-reactive ketones (excluding diaryl/α,β-unsaturated/α-hetero) is 1. The van der Waals surface area contributed by atoms with Gasteiger partial charge in [-0.15, -0.1) is 0 Å². The maximum atomic E-state index is 13.2. The zero-order chi connectivity index (χ0) is 24.4. The van der Waals surface area contributed by atoms with Gasteiger partial charge in [-0.1, -0.05) is 54.1 Å². The first-order valence-electron chi connectivity index (χ1n) is 10.3. The van der Waals surface area contributed by atoms with E-state index in [-0.39, 0.29) is 28.3 Å². The Bertz CT molecular complexity index is 1300. The van der Waals surface area contributed by atoms with E-state index < -0.39 is 23.7 Å². The molecule has 3 aromatic carbocycles. The van der Waals surface area contributed by atoms with Crippen LogP contribution in [0.4, 0.5) is 5.69 Å². The molecule has 34 heavy (non-hydrogen) atoms. The molecule has 0 saturated carbocycles. The van der Waals surface area contributed by atoms with Crippen molar-refractivity contribution in [2.45, 2.75) is 12.5 Å². The second-order valence-electron chi connectivity index (χ2n) is 7.67. The van der Waals surface area contributed by atoms with Crippen LogP contribution in [0.1, 0.15) is 22.7 Å². The van der Waals surface area contributed by atoms with Crippen LogP contribution in [0.15, 0.2) is 78.4 Å². The predicted molar refractivity (Wildman–Crippen MR) is 127 cm³/mol. The molecule has 1 aliphatic rings. The highest BCUT2D eigenvalue weighted by molar-refractivity contribution is 6.51. The van der Waals surface area contributed by atoms with Gasteiger partial charge in [-0.3, -0.25) is 19.3 Å². The molecule has 0 radical (unpaired) electrons. The number of ketones is 1. The average molecular weight is 478 g/mol. The Morgan fingerprint density at radius 3 is 2.26 bits per heavy atom. The highest BCUT2D eigenvalue weighted by atomic mass is 35.5. The number of anilines is 1.